The van der Waals surface area contributed by atoms with E-state index in [0.717, 1.165) is 22.0 Å². The van der Waals surface area contributed by atoms with Gasteiger partial charge in [0.05, 0.1) is 11.6 Å². The van der Waals surface area contributed by atoms with Gasteiger partial charge in [-0.1, -0.05) is 6.92 Å². The molecule has 0 amide bonds. The fourth-order valence-electron chi connectivity index (χ4n) is 1.62. The zero-order valence-electron chi connectivity index (χ0n) is 11.4. The number of aromatic nitrogens is 1. The van der Waals surface area contributed by atoms with E-state index in [1.54, 1.807) is 23.5 Å². The summed E-state index contributed by atoms with van der Waals surface area (Å²) >= 11 is 1.64. The first-order chi connectivity index (χ1) is 9.96. The van der Waals surface area contributed by atoms with Gasteiger partial charge in [-0.05, 0) is 30.7 Å². The van der Waals surface area contributed by atoms with Crippen LogP contribution in [0.15, 0.2) is 30.5 Å². The predicted octanol–water partition coefficient (Wildman–Crippen LogP) is 4.26. The van der Waals surface area contributed by atoms with Gasteiger partial charge in [-0.3, -0.25) is 0 Å². The van der Waals surface area contributed by atoms with E-state index < -0.39 is 12.8 Å². The number of alkyl halides is 3. The van der Waals surface area contributed by atoms with Crippen LogP contribution in [0.5, 0.6) is 5.75 Å². The second-order valence-corrected chi connectivity index (χ2v) is 5.56. The van der Waals surface area contributed by atoms with E-state index in [4.69, 9.17) is 0 Å². The first-order valence-corrected chi connectivity index (χ1v) is 7.25. The summed E-state index contributed by atoms with van der Waals surface area (Å²) in [6.07, 6.45) is -1.58. The number of thiazole rings is 1. The molecule has 3 nitrogen and oxygen atoms in total. The molecule has 0 aliphatic heterocycles. The molecular weight excluding hydrogens is 301 g/mol. The molecule has 0 saturated heterocycles. The van der Waals surface area contributed by atoms with Gasteiger partial charge in [-0.2, -0.15) is 13.2 Å². The van der Waals surface area contributed by atoms with Crippen molar-refractivity contribution in [2.75, 3.05) is 11.9 Å². The number of halogens is 3. The quantitative estimate of drug-likeness (QED) is 0.864. The molecule has 0 fully saturated rings. The summed E-state index contributed by atoms with van der Waals surface area (Å²) in [5.74, 6) is 0.198. The minimum atomic E-state index is -4.32. The largest absolute Gasteiger partial charge is 0.484 e. The van der Waals surface area contributed by atoms with Gasteiger partial charge in [0, 0.05) is 16.8 Å². The lowest BCUT2D eigenvalue weighted by Crippen LogP contribution is -2.19. The smallest absolute Gasteiger partial charge is 0.422 e. The number of aryl methyl sites for hydroxylation is 1. The van der Waals surface area contributed by atoms with Gasteiger partial charge in [-0.25, -0.2) is 4.98 Å². The van der Waals surface area contributed by atoms with Gasteiger partial charge in [0.2, 0.25) is 0 Å². The number of nitrogens with zero attached hydrogens (tertiary/aromatic N) is 1. The molecule has 1 aromatic carbocycles. The Morgan fingerprint density at radius 3 is 2.52 bits per heavy atom. The van der Waals surface area contributed by atoms with Crippen LogP contribution in [0.2, 0.25) is 0 Å². The molecule has 1 N–H and O–H groups in total. The lowest BCUT2D eigenvalue weighted by Gasteiger charge is -2.10. The van der Waals surface area contributed by atoms with Crippen molar-refractivity contribution in [1.29, 1.82) is 0 Å². The highest BCUT2D eigenvalue weighted by Gasteiger charge is 2.28. The van der Waals surface area contributed by atoms with E-state index in [1.165, 1.54) is 12.1 Å². The topological polar surface area (TPSA) is 34.2 Å². The molecule has 2 rings (SSSR count). The molecule has 114 valence electrons. The molecule has 0 unspecified atom stereocenters. The number of hydrogen-bond donors (Lipinski definition) is 1. The summed E-state index contributed by atoms with van der Waals surface area (Å²) in [5, 5.41) is 4.28. The van der Waals surface area contributed by atoms with Crippen LogP contribution in [0.25, 0.3) is 0 Å². The highest BCUT2D eigenvalue weighted by atomic mass is 32.1. The zero-order chi connectivity index (χ0) is 15.3. The minimum Gasteiger partial charge on any atom is -0.484 e. The first-order valence-electron chi connectivity index (χ1n) is 6.43. The van der Waals surface area contributed by atoms with Gasteiger partial charge < -0.3 is 10.1 Å². The van der Waals surface area contributed by atoms with Crippen molar-refractivity contribution < 1.29 is 17.9 Å². The van der Waals surface area contributed by atoms with Gasteiger partial charge >= 0.3 is 6.18 Å². The fraction of sp³-hybridized carbons (Fsp3) is 0.357. The van der Waals surface area contributed by atoms with Gasteiger partial charge in [0.1, 0.15) is 5.75 Å². The maximum absolute atomic E-state index is 12.0. The number of anilines is 1. The third kappa shape index (κ3) is 5.26. The predicted molar refractivity (Wildman–Crippen MR) is 76.8 cm³/mol. The third-order valence-corrected chi connectivity index (χ3v) is 3.77. The maximum Gasteiger partial charge on any atom is 0.422 e. The molecule has 0 radical (unpaired) electrons. The lowest BCUT2D eigenvalue weighted by molar-refractivity contribution is -0.153. The van der Waals surface area contributed by atoms with Crippen LogP contribution in [0.3, 0.4) is 0 Å². The van der Waals surface area contributed by atoms with Crippen LogP contribution in [-0.2, 0) is 13.0 Å². The number of hydrogen-bond acceptors (Lipinski definition) is 4. The molecule has 0 saturated carbocycles. The van der Waals surface area contributed by atoms with E-state index >= 15 is 0 Å². The maximum atomic E-state index is 12.0. The van der Waals surface area contributed by atoms with Gasteiger partial charge in [-0.15, -0.1) is 11.3 Å². The van der Waals surface area contributed by atoms with Crippen LogP contribution in [0, 0.1) is 0 Å². The molecule has 0 aliphatic rings. The summed E-state index contributed by atoms with van der Waals surface area (Å²) in [5.41, 5.74) is 0.820. The number of rotatable bonds is 6. The third-order valence-electron chi connectivity index (χ3n) is 2.63. The molecule has 1 heterocycles. The van der Waals surface area contributed by atoms with E-state index in [9.17, 15) is 13.2 Å². The molecular formula is C14H15F3N2OS. The Morgan fingerprint density at radius 1 is 1.24 bits per heavy atom. The number of benzene rings is 1. The Labute approximate surface area is 124 Å². The number of ether oxygens (including phenoxy) is 1. The fourth-order valence-corrected chi connectivity index (χ4v) is 2.42. The molecule has 0 bridgehead atoms. The summed E-state index contributed by atoms with van der Waals surface area (Å²) in [6, 6.07) is 6.40. The van der Waals surface area contributed by atoms with E-state index in [1.807, 2.05) is 6.20 Å². The first kappa shape index (κ1) is 15.6. The molecule has 21 heavy (non-hydrogen) atoms. The standard InChI is InChI=1S/C14H15F3N2OS/c1-2-13-19-8-12(21-13)7-18-10-3-5-11(6-4-10)20-9-14(15,16)17/h3-6,8,18H,2,7,9H2,1H3. The van der Waals surface area contributed by atoms with Crippen molar-refractivity contribution in [2.24, 2.45) is 0 Å². The van der Waals surface area contributed by atoms with Crippen molar-refractivity contribution in [1.82, 2.24) is 4.98 Å². The van der Waals surface area contributed by atoms with Crippen LogP contribution in [-0.4, -0.2) is 17.8 Å². The van der Waals surface area contributed by atoms with Crippen LogP contribution in [0.1, 0.15) is 16.8 Å². The molecule has 1 aromatic heterocycles. The average Bonchev–Trinajstić information content (AvgIpc) is 2.91. The highest BCUT2D eigenvalue weighted by Crippen LogP contribution is 2.21. The Balaban J connectivity index is 1.84. The highest BCUT2D eigenvalue weighted by molar-refractivity contribution is 7.11. The number of nitrogens with one attached hydrogen (secondary N) is 1. The van der Waals surface area contributed by atoms with Gasteiger partial charge in [0.25, 0.3) is 0 Å². The van der Waals surface area contributed by atoms with Crippen LogP contribution >= 0.6 is 11.3 Å². The second kappa shape index (κ2) is 6.80. The molecule has 0 atom stereocenters. The lowest BCUT2D eigenvalue weighted by atomic mass is 10.3. The van der Waals surface area contributed by atoms with Crippen molar-refractivity contribution in [2.45, 2.75) is 26.1 Å². The Hall–Kier alpha value is -1.76. The molecule has 0 spiro atoms. The van der Waals surface area contributed by atoms with Gasteiger partial charge in [0.15, 0.2) is 6.61 Å². The van der Waals surface area contributed by atoms with Crippen molar-refractivity contribution in [3.63, 3.8) is 0 Å². The summed E-state index contributed by atoms with van der Waals surface area (Å²) in [4.78, 5) is 5.38. The van der Waals surface area contributed by atoms with Crippen molar-refractivity contribution in [3.05, 3.63) is 40.3 Å². The van der Waals surface area contributed by atoms with Crippen LogP contribution in [0.4, 0.5) is 18.9 Å². The minimum absolute atomic E-state index is 0.198. The Morgan fingerprint density at radius 2 is 1.95 bits per heavy atom. The molecule has 7 heteroatoms. The summed E-state index contributed by atoms with van der Waals surface area (Å²) in [6.45, 7) is 1.41. The zero-order valence-corrected chi connectivity index (χ0v) is 12.2. The van der Waals surface area contributed by atoms with Crippen molar-refractivity contribution >= 4 is 17.0 Å². The van der Waals surface area contributed by atoms with E-state index in [0.29, 0.717) is 6.54 Å². The summed E-state index contributed by atoms with van der Waals surface area (Å²) < 4.78 is 40.7. The Kier molecular flexibility index (Phi) is 5.06. The van der Waals surface area contributed by atoms with E-state index in [2.05, 4.69) is 22.0 Å². The second-order valence-electron chi connectivity index (χ2n) is 4.36. The monoisotopic (exact) mass is 316 g/mol. The normalized spacial score (nSPS) is 11.4. The van der Waals surface area contributed by atoms with Crippen LogP contribution < -0.4 is 10.1 Å². The molecule has 2 aromatic rings. The SMILES string of the molecule is CCc1ncc(CNc2ccc(OCC(F)(F)F)cc2)s1. The Bertz CT molecular complexity index is 566. The van der Waals surface area contributed by atoms with Crippen molar-refractivity contribution in [3.8, 4) is 5.75 Å². The molecule has 0 aliphatic carbocycles. The van der Waals surface area contributed by atoms with E-state index in [-0.39, 0.29) is 5.75 Å². The summed E-state index contributed by atoms with van der Waals surface area (Å²) in [7, 11) is 0. The average molecular weight is 316 g/mol.